The summed E-state index contributed by atoms with van der Waals surface area (Å²) < 4.78 is 0. The van der Waals surface area contributed by atoms with Gasteiger partial charge in [0.05, 0.1) is 12.1 Å². The number of carbonyl (C=O) groups excluding carboxylic acids is 2. The number of nitrogens with one attached hydrogen (secondary N) is 1. The highest BCUT2D eigenvalue weighted by Crippen LogP contribution is 2.30. The van der Waals surface area contributed by atoms with Gasteiger partial charge in [-0.05, 0) is 30.8 Å². The lowest BCUT2D eigenvalue weighted by Gasteiger charge is -2.19. The van der Waals surface area contributed by atoms with Gasteiger partial charge in [0, 0.05) is 5.69 Å². The van der Waals surface area contributed by atoms with Gasteiger partial charge in [0.2, 0.25) is 5.91 Å². The summed E-state index contributed by atoms with van der Waals surface area (Å²) in [7, 11) is 1.35. The van der Waals surface area contributed by atoms with Crippen LogP contribution in [0.1, 0.15) is 5.56 Å². The molecule has 1 heterocycles. The zero-order chi connectivity index (χ0) is 14.2. The SMILES string of the molecule is CNC(C(=O)O)C(=O)N1C(=O)Cc2cc(N)ccc21. The number of nitrogen functional groups attached to an aromatic ring is 1. The van der Waals surface area contributed by atoms with Gasteiger partial charge in [-0.15, -0.1) is 0 Å². The molecule has 0 fully saturated rings. The van der Waals surface area contributed by atoms with Crippen molar-refractivity contribution in [3.05, 3.63) is 23.8 Å². The first kappa shape index (κ1) is 13.0. The summed E-state index contributed by atoms with van der Waals surface area (Å²) in [4.78, 5) is 35.8. The number of likely N-dealkylation sites (N-methyl/N-ethyl adjacent to an activating group) is 1. The first-order valence-electron chi connectivity index (χ1n) is 5.61. The van der Waals surface area contributed by atoms with Gasteiger partial charge in [-0.3, -0.25) is 14.9 Å². The molecule has 0 saturated heterocycles. The number of nitrogens with zero attached hydrogens (tertiary/aromatic N) is 1. The second-order valence-electron chi connectivity index (χ2n) is 4.19. The Morgan fingerprint density at radius 1 is 1.47 bits per heavy atom. The molecule has 7 heteroatoms. The molecule has 1 aromatic carbocycles. The second-order valence-corrected chi connectivity index (χ2v) is 4.19. The third-order valence-corrected chi connectivity index (χ3v) is 2.94. The van der Waals surface area contributed by atoms with E-state index in [0.29, 0.717) is 16.9 Å². The topological polar surface area (TPSA) is 113 Å². The van der Waals surface area contributed by atoms with Gasteiger partial charge in [0.15, 0.2) is 6.04 Å². The molecule has 1 unspecified atom stereocenters. The van der Waals surface area contributed by atoms with Crippen LogP contribution in [0.5, 0.6) is 0 Å². The summed E-state index contributed by atoms with van der Waals surface area (Å²) in [6.07, 6.45) is 0.0438. The van der Waals surface area contributed by atoms with Crippen LogP contribution in [0, 0.1) is 0 Å². The van der Waals surface area contributed by atoms with Gasteiger partial charge in [0.25, 0.3) is 5.91 Å². The number of fused-ring (bicyclic) bond motifs is 1. The van der Waals surface area contributed by atoms with E-state index in [0.717, 1.165) is 4.90 Å². The number of imide groups is 1. The maximum Gasteiger partial charge on any atom is 0.330 e. The average molecular weight is 263 g/mol. The molecule has 0 radical (unpaired) electrons. The molecule has 1 aliphatic heterocycles. The molecular formula is C12H13N3O4. The Bertz CT molecular complexity index is 570. The van der Waals surface area contributed by atoms with E-state index in [1.54, 1.807) is 18.2 Å². The monoisotopic (exact) mass is 263 g/mol. The second kappa shape index (κ2) is 4.69. The van der Waals surface area contributed by atoms with E-state index in [1.165, 1.54) is 7.05 Å². The molecule has 100 valence electrons. The number of carboxylic acids is 1. The predicted molar refractivity (Wildman–Crippen MR) is 67.5 cm³/mol. The summed E-state index contributed by atoms with van der Waals surface area (Å²) in [6.45, 7) is 0. The summed E-state index contributed by atoms with van der Waals surface area (Å²) in [5, 5.41) is 11.3. The lowest BCUT2D eigenvalue weighted by Crippen LogP contribution is -2.51. The molecule has 1 atom stereocenters. The fourth-order valence-electron chi connectivity index (χ4n) is 2.06. The number of carbonyl (C=O) groups is 3. The number of carboxylic acid groups (broad SMARTS) is 1. The van der Waals surface area contributed by atoms with Gasteiger partial charge in [-0.2, -0.15) is 0 Å². The van der Waals surface area contributed by atoms with Gasteiger partial charge < -0.3 is 10.8 Å². The molecule has 1 aromatic rings. The molecule has 1 aliphatic rings. The molecule has 2 rings (SSSR count). The molecule has 19 heavy (non-hydrogen) atoms. The Labute approximate surface area is 109 Å². The van der Waals surface area contributed by atoms with Crippen LogP contribution in [0.25, 0.3) is 0 Å². The Morgan fingerprint density at radius 3 is 2.74 bits per heavy atom. The van der Waals surface area contributed by atoms with Crippen molar-refractivity contribution in [2.24, 2.45) is 0 Å². The number of anilines is 2. The molecule has 0 bridgehead atoms. The maximum absolute atomic E-state index is 12.1. The normalized spacial score (nSPS) is 15.2. The van der Waals surface area contributed by atoms with Gasteiger partial charge in [0.1, 0.15) is 0 Å². The zero-order valence-corrected chi connectivity index (χ0v) is 10.2. The van der Waals surface area contributed by atoms with Crippen molar-refractivity contribution in [3.63, 3.8) is 0 Å². The molecule has 0 saturated carbocycles. The number of hydrogen-bond acceptors (Lipinski definition) is 5. The Kier molecular flexibility index (Phi) is 3.22. The number of amides is 2. The van der Waals surface area contributed by atoms with Crippen molar-refractivity contribution in [2.45, 2.75) is 12.5 Å². The Balaban J connectivity index is 2.39. The number of aliphatic carboxylic acids is 1. The Morgan fingerprint density at radius 2 is 2.16 bits per heavy atom. The minimum atomic E-state index is -1.45. The van der Waals surface area contributed by atoms with Gasteiger partial charge >= 0.3 is 5.97 Å². The molecule has 2 amide bonds. The van der Waals surface area contributed by atoms with Gasteiger partial charge in [-0.25, -0.2) is 9.69 Å². The largest absolute Gasteiger partial charge is 0.480 e. The highest BCUT2D eigenvalue weighted by atomic mass is 16.4. The Hall–Kier alpha value is -2.41. The molecule has 7 nitrogen and oxygen atoms in total. The van der Waals surface area contributed by atoms with Crippen LogP contribution in [0.4, 0.5) is 11.4 Å². The number of nitrogens with two attached hydrogens (primary N) is 1. The number of rotatable bonds is 3. The fourth-order valence-corrected chi connectivity index (χ4v) is 2.06. The molecule has 0 aliphatic carbocycles. The van der Waals surface area contributed by atoms with Crippen LogP contribution < -0.4 is 16.0 Å². The third kappa shape index (κ3) is 2.15. The lowest BCUT2D eigenvalue weighted by molar-refractivity contribution is -0.143. The van der Waals surface area contributed by atoms with E-state index in [9.17, 15) is 14.4 Å². The minimum Gasteiger partial charge on any atom is -0.480 e. The van der Waals surface area contributed by atoms with E-state index in [4.69, 9.17) is 10.8 Å². The molecule has 4 N–H and O–H groups in total. The molecule has 0 aromatic heterocycles. The van der Waals surface area contributed by atoms with Crippen LogP contribution in [0.2, 0.25) is 0 Å². The van der Waals surface area contributed by atoms with Crippen molar-refractivity contribution < 1.29 is 19.5 Å². The summed E-state index contributed by atoms with van der Waals surface area (Å²) in [6, 6.07) is 3.26. The van der Waals surface area contributed by atoms with Crippen LogP contribution in [0.3, 0.4) is 0 Å². The quantitative estimate of drug-likeness (QED) is 0.493. The first-order valence-corrected chi connectivity index (χ1v) is 5.61. The highest BCUT2D eigenvalue weighted by Gasteiger charge is 2.38. The summed E-state index contributed by atoms with van der Waals surface area (Å²) >= 11 is 0. The van der Waals surface area contributed by atoms with Crippen molar-refractivity contribution in [1.82, 2.24) is 5.32 Å². The van der Waals surface area contributed by atoms with Crippen LogP contribution in [-0.4, -0.2) is 36.0 Å². The zero-order valence-electron chi connectivity index (χ0n) is 10.2. The fraction of sp³-hybridized carbons (Fsp3) is 0.250. The summed E-state index contributed by atoms with van der Waals surface area (Å²) in [5.41, 5.74) is 7.12. The molecule has 0 spiro atoms. The van der Waals surface area contributed by atoms with Crippen molar-refractivity contribution in [3.8, 4) is 0 Å². The predicted octanol–water partition coefficient (Wildman–Crippen LogP) is -0.643. The lowest BCUT2D eigenvalue weighted by atomic mass is 10.1. The van der Waals surface area contributed by atoms with Gasteiger partial charge in [-0.1, -0.05) is 0 Å². The van der Waals surface area contributed by atoms with E-state index >= 15 is 0 Å². The number of hydrogen-bond donors (Lipinski definition) is 3. The highest BCUT2D eigenvalue weighted by molar-refractivity contribution is 6.24. The average Bonchev–Trinajstić information content (AvgIpc) is 2.64. The van der Waals surface area contributed by atoms with Crippen molar-refractivity contribution >= 4 is 29.2 Å². The van der Waals surface area contributed by atoms with Crippen molar-refractivity contribution in [2.75, 3.05) is 17.7 Å². The van der Waals surface area contributed by atoms with E-state index in [-0.39, 0.29) is 6.42 Å². The van der Waals surface area contributed by atoms with Crippen molar-refractivity contribution in [1.29, 1.82) is 0 Å². The standard InChI is InChI=1S/C12H13N3O4/c1-14-10(12(18)19)11(17)15-8-3-2-7(13)4-6(8)5-9(15)16/h2-4,10,14H,5,13H2,1H3,(H,18,19). The summed E-state index contributed by atoms with van der Waals surface area (Å²) in [5.74, 6) is -2.58. The van der Waals surface area contributed by atoms with Crippen LogP contribution in [-0.2, 0) is 20.8 Å². The van der Waals surface area contributed by atoms with Crippen LogP contribution >= 0.6 is 0 Å². The minimum absolute atomic E-state index is 0.0438. The molecular weight excluding hydrogens is 250 g/mol. The van der Waals surface area contributed by atoms with E-state index in [2.05, 4.69) is 5.32 Å². The van der Waals surface area contributed by atoms with E-state index < -0.39 is 23.8 Å². The third-order valence-electron chi connectivity index (χ3n) is 2.94. The smallest absolute Gasteiger partial charge is 0.330 e. The van der Waals surface area contributed by atoms with Crippen LogP contribution in [0.15, 0.2) is 18.2 Å². The first-order chi connectivity index (χ1) is 8.95. The van der Waals surface area contributed by atoms with E-state index in [1.807, 2.05) is 0 Å². The number of benzene rings is 1. The maximum atomic E-state index is 12.1.